The molecule has 1 aliphatic rings. The third-order valence-electron chi connectivity index (χ3n) is 4.71. The standard InChI is InChI=1S/C22H27NO10/c1-12(24)29-11-19-21(31-14(3)26)22(32-15(4)27)20(30-13(2)25)18(33-19)10-17(23-28)16-8-6-5-7-9-16/h5-9,18-22,28H,10-11H2,1-4H3/b23-17-/t18-,19+,20+,21+,22+/m0/s1. The molecule has 0 unspecified atom stereocenters. The molecule has 0 bridgehead atoms. The lowest BCUT2D eigenvalue weighted by Gasteiger charge is -2.44. The van der Waals surface area contributed by atoms with Gasteiger partial charge in [-0.25, -0.2) is 0 Å². The maximum Gasteiger partial charge on any atom is 0.303 e. The summed E-state index contributed by atoms with van der Waals surface area (Å²) in [7, 11) is 0. The van der Waals surface area contributed by atoms with Crippen LogP contribution < -0.4 is 0 Å². The number of nitrogens with zero attached hydrogens (tertiary/aromatic N) is 1. The molecule has 0 spiro atoms. The summed E-state index contributed by atoms with van der Waals surface area (Å²) in [5.74, 6) is -2.74. The van der Waals surface area contributed by atoms with Gasteiger partial charge >= 0.3 is 23.9 Å². The Labute approximate surface area is 190 Å². The Morgan fingerprint density at radius 1 is 0.818 bits per heavy atom. The smallest absolute Gasteiger partial charge is 0.303 e. The van der Waals surface area contributed by atoms with Gasteiger partial charge in [-0.2, -0.15) is 0 Å². The molecule has 0 saturated carbocycles. The predicted octanol–water partition coefficient (Wildman–Crippen LogP) is 1.38. The van der Waals surface area contributed by atoms with Gasteiger partial charge in [0.25, 0.3) is 0 Å². The Bertz CT molecular complexity index is 884. The summed E-state index contributed by atoms with van der Waals surface area (Å²) in [6, 6.07) is 8.69. The maximum absolute atomic E-state index is 11.9. The molecule has 1 N–H and O–H groups in total. The molecule has 0 radical (unpaired) electrons. The minimum Gasteiger partial charge on any atom is -0.463 e. The lowest BCUT2D eigenvalue weighted by Crippen LogP contribution is -2.62. The van der Waals surface area contributed by atoms with E-state index in [4.69, 9.17) is 23.7 Å². The van der Waals surface area contributed by atoms with Crippen LogP contribution in [0.15, 0.2) is 35.5 Å². The molecule has 1 fully saturated rings. The van der Waals surface area contributed by atoms with Crippen molar-refractivity contribution in [3.05, 3.63) is 35.9 Å². The summed E-state index contributed by atoms with van der Waals surface area (Å²) < 4.78 is 27.2. The van der Waals surface area contributed by atoms with Crippen LogP contribution in [-0.2, 0) is 42.9 Å². The van der Waals surface area contributed by atoms with Crippen LogP contribution in [0.5, 0.6) is 0 Å². The van der Waals surface area contributed by atoms with Crippen molar-refractivity contribution < 1.29 is 48.1 Å². The minimum absolute atomic E-state index is 0.0699. The van der Waals surface area contributed by atoms with E-state index in [1.807, 2.05) is 0 Å². The molecular weight excluding hydrogens is 438 g/mol. The number of rotatable bonds is 8. The number of benzene rings is 1. The number of carbonyl (C=O) groups excluding carboxylic acids is 4. The van der Waals surface area contributed by atoms with Crippen LogP contribution in [0.2, 0.25) is 0 Å². The molecule has 11 heteroatoms. The van der Waals surface area contributed by atoms with Gasteiger partial charge in [0.2, 0.25) is 0 Å². The highest BCUT2D eigenvalue weighted by Gasteiger charge is 2.52. The van der Waals surface area contributed by atoms with E-state index in [0.29, 0.717) is 5.56 Å². The summed E-state index contributed by atoms with van der Waals surface area (Å²) >= 11 is 0. The van der Waals surface area contributed by atoms with Crippen molar-refractivity contribution in [3.8, 4) is 0 Å². The van der Waals surface area contributed by atoms with Crippen LogP contribution in [0.25, 0.3) is 0 Å². The number of carbonyl (C=O) groups is 4. The molecule has 1 heterocycles. The molecule has 180 valence electrons. The van der Waals surface area contributed by atoms with Gasteiger partial charge in [-0.3, -0.25) is 19.2 Å². The van der Waals surface area contributed by atoms with Crippen molar-refractivity contribution in [2.75, 3.05) is 6.61 Å². The lowest BCUT2D eigenvalue weighted by atomic mass is 9.90. The van der Waals surface area contributed by atoms with E-state index in [2.05, 4.69) is 5.16 Å². The Hall–Kier alpha value is -3.47. The zero-order chi connectivity index (χ0) is 24.5. The van der Waals surface area contributed by atoms with E-state index < -0.39 is 54.4 Å². The molecule has 0 aliphatic carbocycles. The average Bonchev–Trinajstić information content (AvgIpc) is 2.74. The van der Waals surface area contributed by atoms with Crippen LogP contribution in [0.4, 0.5) is 0 Å². The fourth-order valence-corrected chi connectivity index (χ4v) is 3.52. The van der Waals surface area contributed by atoms with Crippen molar-refractivity contribution >= 4 is 29.6 Å². The first kappa shape index (κ1) is 25.8. The summed E-state index contributed by atoms with van der Waals surface area (Å²) in [5, 5.41) is 12.9. The largest absolute Gasteiger partial charge is 0.463 e. The summed E-state index contributed by atoms with van der Waals surface area (Å²) in [4.78, 5) is 46.9. The highest BCUT2D eigenvalue weighted by atomic mass is 16.7. The number of esters is 4. The maximum atomic E-state index is 11.9. The van der Waals surface area contributed by atoms with Crippen LogP contribution in [0, 0.1) is 0 Å². The summed E-state index contributed by atoms with van der Waals surface area (Å²) in [5.41, 5.74) is 0.782. The van der Waals surface area contributed by atoms with Crippen molar-refractivity contribution in [3.63, 3.8) is 0 Å². The monoisotopic (exact) mass is 465 g/mol. The Balaban J connectivity index is 2.47. The van der Waals surface area contributed by atoms with Gasteiger partial charge in [0.15, 0.2) is 18.3 Å². The van der Waals surface area contributed by atoms with Gasteiger partial charge in [0, 0.05) is 34.1 Å². The van der Waals surface area contributed by atoms with E-state index in [1.165, 1.54) is 6.92 Å². The van der Waals surface area contributed by atoms with E-state index in [0.717, 1.165) is 20.8 Å². The Morgan fingerprint density at radius 2 is 1.33 bits per heavy atom. The highest BCUT2D eigenvalue weighted by Crippen LogP contribution is 2.31. The number of hydrogen-bond acceptors (Lipinski definition) is 11. The second-order valence-corrected chi connectivity index (χ2v) is 7.35. The number of oxime groups is 1. The third kappa shape index (κ3) is 7.56. The number of ether oxygens (including phenoxy) is 5. The molecule has 0 aromatic heterocycles. The van der Waals surface area contributed by atoms with Gasteiger partial charge in [0.05, 0.1) is 5.71 Å². The predicted molar refractivity (Wildman–Crippen MR) is 111 cm³/mol. The summed E-state index contributed by atoms with van der Waals surface area (Å²) in [6.45, 7) is 4.31. The van der Waals surface area contributed by atoms with E-state index in [1.54, 1.807) is 30.3 Å². The van der Waals surface area contributed by atoms with Gasteiger partial charge in [-0.05, 0) is 5.56 Å². The van der Waals surface area contributed by atoms with Gasteiger partial charge in [-0.15, -0.1) is 0 Å². The van der Waals surface area contributed by atoms with E-state index >= 15 is 0 Å². The second kappa shape index (κ2) is 12.0. The molecule has 0 amide bonds. The zero-order valence-corrected chi connectivity index (χ0v) is 18.8. The van der Waals surface area contributed by atoms with Gasteiger partial charge in [-0.1, -0.05) is 35.5 Å². The number of hydrogen-bond donors (Lipinski definition) is 1. The Morgan fingerprint density at radius 3 is 1.82 bits per heavy atom. The van der Waals surface area contributed by atoms with Crippen molar-refractivity contribution in [2.45, 2.75) is 64.6 Å². The molecule has 33 heavy (non-hydrogen) atoms. The topological polar surface area (TPSA) is 147 Å². The average molecular weight is 465 g/mol. The first-order valence-corrected chi connectivity index (χ1v) is 10.2. The fourth-order valence-electron chi connectivity index (χ4n) is 3.52. The van der Waals surface area contributed by atoms with Crippen LogP contribution in [0.3, 0.4) is 0 Å². The van der Waals surface area contributed by atoms with Gasteiger partial charge < -0.3 is 28.9 Å². The molecule has 5 atom stereocenters. The first-order chi connectivity index (χ1) is 15.6. The zero-order valence-electron chi connectivity index (χ0n) is 18.8. The molecular formula is C22H27NO10. The van der Waals surface area contributed by atoms with Crippen molar-refractivity contribution in [1.82, 2.24) is 0 Å². The molecule has 1 aromatic carbocycles. The second-order valence-electron chi connectivity index (χ2n) is 7.35. The SMILES string of the molecule is CC(=O)OC[C@H]1O[C@@H](C/C(=N/O)c2ccccc2)[C@@H](OC(C)=O)[C@@H](OC(C)=O)[C@@H]1OC(C)=O. The third-order valence-corrected chi connectivity index (χ3v) is 4.71. The van der Waals surface area contributed by atoms with Crippen molar-refractivity contribution in [2.24, 2.45) is 5.16 Å². The molecule has 11 nitrogen and oxygen atoms in total. The summed E-state index contributed by atoms with van der Waals surface area (Å²) in [6.07, 6.45) is -5.86. The van der Waals surface area contributed by atoms with Crippen LogP contribution in [0.1, 0.15) is 39.7 Å². The van der Waals surface area contributed by atoms with Crippen LogP contribution in [-0.4, -0.2) is 71.9 Å². The lowest BCUT2D eigenvalue weighted by molar-refractivity contribution is -0.251. The normalized spacial score (nSPS) is 25.0. The Kier molecular flexibility index (Phi) is 9.34. The van der Waals surface area contributed by atoms with Crippen molar-refractivity contribution in [1.29, 1.82) is 0 Å². The molecule has 1 aliphatic heterocycles. The fraction of sp³-hybridized carbons (Fsp3) is 0.500. The van der Waals surface area contributed by atoms with E-state index in [9.17, 15) is 24.4 Å². The van der Waals surface area contributed by atoms with E-state index in [-0.39, 0.29) is 18.7 Å². The molecule has 1 saturated heterocycles. The van der Waals surface area contributed by atoms with Gasteiger partial charge in [0.1, 0.15) is 18.8 Å². The highest BCUT2D eigenvalue weighted by molar-refractivity contribution is 6.00. The van der Waals surface area contributed by atoms with Crippen LogP contribution >= 0.6 is 0 Å². The first-order valence-electron chi connectivity index (χ1n) is 10.2. The quantitative estimate of drug-likeness (QED) is 0.196. The molecule has 1 aromatic rings. The molecule has 2 rings (SSSR count). The minimum atomic E-state index is -1.27.